The molecule has 0 aliphatic heterocycles. The second-order valence-corrected chi connectivity index (χ2v) is 2.47. The molecule has 0 unspecified atom stereocenters. The molecule has 0 bridgehead atoms. The van der Waals surface area contributed by atoms with Gasteiger partial charge in [0.1, 0.15) is 0 Å². The molecule has 0 aliphatic carbocycles. The van der Waals surface area contributed by atoms with Crippen molar-refractivity contribution in [1.29, 1.82) is 0 Å². The van der Waals surface area contributed by atoms with E-state index in [-0.39, 0.29) is 5.88 Å². The molecule has 1 heterocycles. The smallest absolute Gasteiger partial charge is 0.296 e. The minimum Gasteiger partial charge on any atom is -0.362 e. The van der Waals surface area contributed by atoms with E-state index < -0.39 is 0 Å². The Morgan fingerprint density at radius 2 is 2.15 bits per heavy atom. The lowest BCUT2D eigenvalue weighted by atomic mass is 10.5. The summed E-state index contributed by atoms with van der Waals surface area (Å²) < 4.78 is 4.72. The van der Waals surface area contributed by atoms with Crippen molar-refractivity contribution in [2.75, 3.05) is 23.8 Å². The van der Waals surface area contributed by atoms with E-state index in [1.807, 2.05) is 5.01 Å². The summed E-state index contributed by atoms with van der Waals surface area (Å²) >= 11 is 0. The third-order valence-corrected chi connectivity index (χ3v) is 1.44. The zero-order valence-corrected chi connectivity index (χ0v) is 7.39. The first-order valence-corrected chi connectivity index (χ1v) is 3.89. The van der Waals surface area contributed by atoms with E-state index >= 15 is 0 Å². The van der Waals surface area contributed by atoms with E-state index in [2.05, 4.69) is 18.4 Å². The van der Waals surface area contributed by atoms with Crippen LogP contribution in [0.1, 0.15) is 0 Å². The summed E-state index contributed by atoms with van der Waals surface area (Å²) in [6.45, 7) is 8.58. The van der Waals surface area contributed by atoms with Crippen molar-refractivity contribution in [3.63, 3.8) is 0 Å². The van der Waals surface area contributed by atoms with Crippen LogP contribution in [0.15, 0.2) is 36.0 Å². The Balaban J connectivity index is 2.74. The summed E-state index contributed by atoms with van der Waals surface area (Å²) in [5.41, 5.74) is 5.38. The molecule has 13 heavy (non-hydrogen) atoms. The van der Waals surface area contributed by atoms with E-state index in [1.165, 1.54) is 4.79 Å². The van der Waals surface area contributed by atoms with Gasteiger partial charge in [0, 0.05) is 0 Å². The van der Waals surface area contributed by atoms with Gasteiger partial charge in [-0.1, -0.05) is 12.2 Å². The van der Waals surface area contributed by atoms with Crippen LogP contribution >= 0.6 is 0 Å². The van der Waals surface area contributed by atoms with Crippen molar-refractivity contribution in [2.24, 2.45) is 0 Å². The van der Waals surface area contributed by atoms with Crippen molar-refractivity contribution >= 4 is 5.88 Å². The zero-order valence-electron chi connectivity index (χ0n) is 7.39. The van der Waals surface area contributed by atoms with Gasteiger partial charge in [0.2, 0.25) is 5.27 Å². The summed E-state index contributed by atoms with van der Waals surface area (Å²) in [5, 5.41) is 5.56. The Bertz CT molecular complexity index is 284. The normalized spacial score (nSPS) is 9.54. The highest BCUT2D eigenvalue weighted by Gasteiger charge is 2.15. The molecule has 1 rings (SSSR count). The van der Waals surface area contributed by atoms with Gasteiger partial charge in [0.05, 0.1) is 17.9 Å². The zero-order chi connectivity index (χ0) is 9.68. The highest BCUT2D eigenvalue weighted by Crippen LogP contribution is 1.91. The molecule has 1 aromatic rings. The molecule has 0 aliphatic rings. The molecule has 1 aromatic heterocycles. The lowest BCUT2D eigenvalue weighted by Crippen LogP contribution is -2.58. The van der Waals surface area contributed by atoms with Crippen molar-refractivity contribution in [1.82, 2.24) is 5.27 Å². The highest BCUT2D eigenvalue weighted by atomic mass is 16.5. The Hall–Kier alpha value is -1.78. The predicted molar refractivity (Wildman–Crippen MR) is 49.5 cm³/mol. The number of nitrogens with two attached hydrogens (primary N) is 1. The molecule has 2 N–H and O–H groups in total. The number of rotatable bonds is 5. The maximum absolute atomic E-state index is 5.38. The van der Waals surface area contributed by atoms with Crippen LogP contribution < -0.4 is 15.5 Å². The molecular formula is C8H13N4O+. The van der Waals surface area contributed by atoms with Crippen molar-refractivity contribution in [3.05, 3.63) is 31.5 Å². The molecule has 5 heteroatoms. The molecule has 70 valence electrons. The third-order valence-electron chi connectivity index (χ3n) is 1.44. The molecule has 0 radical (unpaired) electrons. The van der Waals surface area contributed by atoms with Gasteiger partial charge < -0.3 is 5.73 Å². The van der Waals surface area contributed by atoms with E-state index in [0.29, 0.717) is 13.1 Å². The van der Waals surface area contributed by atoms with Gasteiger partial charge in [0.15, 0.2) is 0 Å². The van der Waals surface area contributed by atoms with Crippen LogP contribution in [-0.4, -0.2) is 18.4 Å². The van der Waals surface area contributed by atoms with Gasteiger partial charge in [-0.15, -0.1) is 18.2 Å². The molecule has 0 atom stereocenters. The van der Waals surface area contributed by atoms with E-state index in [4.69, 9.17) is 10.3 Å². The maximum Gasteiger partial charge on any atom is 0.296 e. The van der Waals surface area contributed by atoms with Crippen LogP contribution in [0, 0.1) is 0 Å². The average Bonchev–Trinajstić information content (AvgIpc) is 2.51. The van der Waals surface area contributed by atoms with Gasteiger partial charge in [0.25, 0.3) is 12.1 Å². The number of nitrogen functional groups attached to an aromatic ring is 1. The first-order valence-electron chi connectivity index (χ1n) is 3.89. The molecule has 0 fully saturated rings. The van der Waals surface area contributed by atoms with Gasteiger partial charge in [-0.2, -0.15) is 0 Å². The summed E-state index contributed by atoms with van der Waals surface area (Å²) in [4.78, 5) is 1.53. The molecule has 0 saturated heterocycles. The fourth-order valence-corrected chi connectivity index (χ4v) is 0.923. The second kappa shape index (κ2) is 4.30. The fraction of sp³-hybridized carbons (Fsp3) is 0.250. The minimum atomic E-state index is 0.276. The largest absolute Gasteiger partial charge is 0.362 e. The molecule has 0 saturated carbocycles. The summed E-state index contributed by atoms with van der Waals surface area (Å²) in [6.07, 6.45) is 5.12. The first kappa shape index (κ1) is 9.31. The van der Waals surface area contributed by atoms with Crippen LogP contribution in [0.3, 0.4) is 0 Å². The summed E-state index contributed by atoms with van der Waals surface area (Å²) in [6, 6.07) is 0. The monoisotopic (exact) mass is 181 g/mol. The van der Waals surface area contributed by atoms with Gasteiger partial charge in [-0.25, -0.2) is 0 Å². The van der Waals surface area contributed by atoms with E-state index in [0.717, 1.165) is 0 Å². The maximum atomic E-state index is 5.38. The second-order valence-electron chi connectivity index (χ2n) is 2.47. The van der Waals surface area contributed by atoms with Crippen LogP contribution in [0.2, 0.25) is 0 Å². The van der Waals surface area contributed by atoms with Gasteiger partial charge in [-0.3, -0.25) is 4.52 Å². The third kappa shape index (κ3) is 2.33. The van der Waals surface area contributed by atoms with Crippen LogP contribution in [0.25, 0.3) is 0 Å². The Morgan fingerprint density at radius 3 is 2.54 bits per heavy atom. The van der Waals surface area contributed by atoms with Crippen molar-refractivity contribution in [3.8, 4) is 0 Å². The Labute approximate surface area is 76.7 Å². The minimum absolute atomic E-state index is 0.276. The fourth-order valence-electron chi connectivity index (χ4n) is 0.923. The quantitative estimate of drug-likeness (QED) is 0.507. The molecule has 0 amide bonds. The first-order chi connectivity index (χ1) is 6.27. The topological polar surface area (TPSA) is 59.2 Å². The van der Waals surface area contributed by atoms with E-state index in [9.17, 15) is 0 Å². The number of aromatic nitrogens is 2. The summed E-state index contributed by atoms with van der Waals surface area (Å²) in [7, 11) is 0. The SMILES string of the molecule is C=CCN(CC=C)[n+]1cc(N)on1. The van der Waals surface area contributed by atoms with Crippen molar-refractivity contribution < 1.29 is 9.31 Å². The predicted octanol–water partition coefficient (Wildman–Crippen LogP) is -0.146. The lowest BCUT2D eigenvalue weighted by Gasteiger charge is -2.07. The lowest BCUT2D eigenvalue weighted by molar-refractivity contribution is -0.756. The Morgan fingerprint density at radius 1 is 1.54 bits per heavy atom. The van der Waals surface area contributed by atoms with Gasteiger partial charge >= 0.3 is 0 Å². The highest BCUT2D eigenvalue weighted by molar-refractivity contribution is 5.11. The van der Waals surface area contributed by atoms with Crippen LogP contribution in [-0.2, 0) is 0 Å². The Kier molecular flexibility index (Phi) is 3.08. The molecule has 0 aromatic carbocycles. The number of hydrogen-bond acceptors (Lipinski definition) is 4. The molecule has 5 nitrogen and oxygen atoms in total. The van der Waals surface area contributed by atoms with Crippen LogP contribution in [0.5, 0.6) is 0 Å². The van der Waals surface area contributed by atoms with E-state index in [1.54, 1.807) is 18.3 Å². The van der Waals surface area contributed by atoms with Crippen LogP contribution in [0.4, 0.5) is 5.88 Å². The number of anilines is 1. The molecular weight excluding hydrogens is 168 g/mol. The van der Waals surface area contributed by atoms with Crippen molar-refractivity contribution in [2.45, 2.75) is 0 Å². The van der Waals surface area contributed by atoms with Gasteiger partial charge in [-0.05, 0) is 0 Å². The number of hydrogen-bond donors (Lipinski definition) is 1. The number of nitrogens with zero attached hydrogens (tertiary/aromatic N) is 3. The standard InChI is InChI=1S/C8H13N4O/c1-3-5-11(6-4-2)12-7-8(9)13-10-12/h3-4,7H,1-2,5-6,9H2/q+1. The summed E-state index contributed by atoms with van der Waals surface area (Å²) in [5.74, 6) is 0.276. The molecule has 0 spiro atoms. The average molecular weight is 181 g/mol.